The maximum absolute atomic E-state index is 12.4. The molecule has 3 rings (SSSR count). The largest absolute Gasteiger partial charge is 0.493 e. The minimum Gasteiger partial charge on any atom is -0.493 e. The Morgan fingerprint density at radius 3 is 2.54 bits per heavy atom. The van der Waals surface area contributed by atoms with Crippen LogP contribution in [0.25, 0.3) is 0 Å². The van der Waals surface area contributed by atoms with E-state index < -0.39 is 5.97 Å². The van der Waals surface area contributed by atoms with E-state index in [0.29, 0.717) is 22.6 Å². The molecule has 0 atom stereocenters. The average molecular weight is 539 g/mol. The van der Waals surface area contributed by atoms with Gasteiger partial charge in [0.2, 0.25) is 0 Å². The second-order valence-corrected chi connectivity index (χ2v) is 9.00. The number of carbonyl (C=O) groups is 2. The van der Waals surface area contributed by atoms with Gasteiger partial charge in [-0.15, -0.1) is 0 Å². The highest BCUT2D eigenvalue weighted by atomic mass is 79.9. The van der Waals surface area contributed by atoms with Crippen LogP contribution in [-0.4, -0.2) is 31.8 Å². The first-order valence-electron chi connectivity index (χ1n) is 11.0. The van der Waals surface area contributed by atoms with Crippen molar-refractivity contribution in [1.29, 1.82) is 0 Å². The number of nitrogens with one attached hydrogen (secondary N) is 1. The SMILES string of the molecule is COc1cc(/C=N\NC(=O)COc2cc(C)ccc2C(C)C)ccc1OC(=O)c1cccc(Br)c1. The van der Waals surface area contributed by atoms with Gasteiger partial charge in [-0.1, -0.05) is 48.0 Å². The fourth-order valence-electron chi connectivity index (χ4n) is 3.22. The van der Waals surface area contributed by atoms with Gasteiger partial charge in [0, 0.05) is 4.47 Å². The highest BCUT2D eigenvalue weighted by Gasteiger charge is 2.13. The number of hydrogen-bond acceptors (Lipinski definition) is 6. The van der Waals surface area contributed by atoms with Crippen molar-refractivity contribution in [3.8, 4) is 17.2 Å². The first-order valence-corrected chi connectivity index (χ1v) is 11.8. The van der Waals surface area contributed by atoms with Crippen LogP contribution in [0.15, 0.2) is 70.2 Å². The summed E-state index contributed by atoms with van der Waals surface area (Å²) in [7, 11) is 1.47. The lowest BCUT2D eigenvalue weighted by Crippen LogP contribution is -2.25. The standard InChI is InChI=1S/C27H27BrN2O5/c1-17(2)22-10-8-18(3)12-24(22)34-16-26(31)30-29-15-19-9-11-23(25(13-19)33-4)35-27(32)20-6-5-7-21(28)14-20/h5-15,17H,16H2,1-4H3,(H,30,31)/b29-15-. The molecule has 0 aliphatic heterocycles. The lowest BCUT2D eigenvalue weighted by atomic mass is 10.0. The summed E-state index contributed by atoms with van der Waals surface area (Å²) in [4.78, 5) is 24.6. The van der Waals surface area contributed by atoms with Crippen molar-refractivity contribution in [3.63, 3.8) is 0 Å². The molecule has 0 heterocycles. The highest BCUT2D eigenvalue weighted by Crippen LogP contribution is 2.29. The highest BCUT2D eigenvalue weighted by molar-refractivity contribution is 9.10. The predicted molar refractivity (Wildman–Crippen MR) is 139 cm³/mol. The Kier molecular flexibility index (Phi) is 9.03. The molecular weight excluding hydrogens is 512 g/mol. The molecular formula is C27H27BrN2O5. The number of hydrogen-bond donors (Lipinski definition) is 1. The summed E-state index contributed by atoms with van der Waals surface area (Å²) in [5, 5.41) is 3.98. The van der Waals surface area contributed by atoms with Gasteiger partial charge < -0.3 is 14.2 Å². The summed E-state index contributed by atoms with van der Waals surface area (Å²) in [5.74, 6) is 0.700. The van der Waals surface area contributed by atoms with Crippen molar-refractivity contribution in [2.75, 3.05) is 13.7 Å². The summed E-state index contributed by atoms with van der Waals surface area (Å²) in [5.41, 5.74) is 5.60. The van der Waals surface area contributed by atoms with Crippen molar-refractivity contribution >= 4 is 34.0 Å². The molecule has 182 valence electrons. The molecule has 1 amide bonds. The van der Waals surface area contributed by atoms with E-state index in [1.54, 1.807) is 36.4 Å². The third-order valence-electron chi connectivity index (χ3n) is 5.00. The Bertz CT molecular complexity index is 1240. The quantitative estimate of drug-likeness (QED) is 0.165. The smallest absolute Gasteiger partial charge is 0.343 e. The van der Waals surface area contributed by atoms with Crippen LogP contribution in [0.3, 0.4) is 0 Å². The molecule has 0 spiro atoms. The monoisotopic (exact) mass is 538 g/mol. The second-order valence-electron chi connectivity index (χ2n) is 8.09. The topological polar surface area (TPSA) is 86.2 Å². The van der Waals surface area contributed by atoms with Crippen molar-refractivity contribution in [1.82, 2.24) is 5.43 Å². The molecule has 0 aliphatic rings. The lowest BCUT2D eigenvalue weighted by molar-refractivity contribution is -0.123. The lowest BCUT2D eigenvalue weighted by Gasteiger charge is -2.14. The number of carbonyl (C=O) groups excluding carboxylic acids is 2. The first-order chi connectivity index (χ1) is 16.8. The number of ether oxygens (including phenoxy) is 3. The molecule has 1 N–H and O–H groups in total. The zero-order valence-electron chi connectivity index (χ0n) is 20.0. The minimum absolute atomic E-state index is 0.158. The van der Waals surface area contributed by atoms with Gasteiger partial charge in [0.15, 0.2) is 18.1 Å². The van der Waals surface area contributed by atoms with Crippen LogP contribution < -0.4 is 19.6 Å². The predicted octanol–water partition coefficient (Wildman–Crippen LogP) is 5.64. The maximum atomic E-state index is 12.4. The van der Waals surface area contributed by atoms with Crippen molar-refractivity contribution < 1.29 is 23.8 Å². The van der Waals surface area contributed by atoms with E-state index in [0.717, 1.165) is 15.6 Å². The summed E-state index contributed by atoms with van der Waals surface area (Å²) < 4.78 is 17.3. The number of amides is 1. The number of rotatable bonds is 9. The zero-order chi connectivity index (χ0) is 25.4. The normalized spacial score (nSPS) is 10.9. The molecule has 3 aromatic rings. The van der Waals surface area contributed by atoms with Gasteiger partial charge >= 0.3 is 5.97 Å². The van der Waals surface area contributed by atoms with Gasteiger partial charge in [-0.2, -0.15) is 5.10 Å². The Balaban J connectivity index is 1.59. The van der Waals surface area contributed by atoms with Crippen LogP contribution in [0.2, 0.25) is 0 Å². The Labute approximate surface area is 213 Å². The third kappa shape index (κ3) is 7.42. The van der Waals surface area contributed by atoms with Gasteiger partial charge in [0.1, 0.15) is 5.75 Å². The molecule has 0 saturated heterocycles. The van der Waals surface area contributed by atoms with E-state index in [1.807, 2.05) is 31.2 Å². The Morgan fingerprint density at radius 1 is 1.03 bits per heavy atom. The fraction of sp³-hybridized carbons (Fsp3) is 0.222. The van der Waals surface area contributed by atoms with E-state index in [1.165, 1.54) is 13.3 Å². The summed E-state index contributed by atoms with van der Waals surface area (Å²) >= 11 is 3.34. The van der Waals surface area contributed by atoms with Crippen LogP contribution in [0, 0.1) is 6.92 Å². The van der Waals surface area contributed by atoms with E-state index in [-0.39, 0.29) is 24.2 Å². The van der Waals surface area contributed by atoms with E-state index in [4.69, 9.17) is 14.2 Å². The van der Waals surface area contributed by atoms with E-state index >= 15 is 0 Å². The Morgan fingerprint density at radius 2 is 1.83 bits per heavy atom. The molecule has 0 saturated carbocycles. The third-order valence-corrected chi connectivity index (χ3v) is 5.50. The maximum Gasteiger partial charge on any atom is 0.343 e. The van der Waals surface area contributed by atoms with Gasteiger partial charge in [-0.25, -0.2) is 10.2 Å². The Hall–Kier alpha value is -3.65. The molecule has 7 nitrogen and oxygen atoms in total. The average Bonchev–Trinajstić information content (AvgIpc) is 2.83. The summed E-state index contributed by atoms with van der Waals surface area (Å²) in [6, 6.07) is 17.8. The number of aryl methyl sites for hydroxylation is 1. The fourth-order valence-corrected chi connectivity index (χ4v) is 3.62. The molecule has 8 heteroatoms. The van der Waals surface area contributed by atoms with Gasteiger partial charge in [0.25, 0.3) is 5.91 Å². The number of nitrogens with zero attached hydrogens (tertiary/aromatic N) is 1. The van der Waals surface area contributed by atoms with E-state index in [2.05, 4.69) is 40.3 Å². The van der Waals surface area contributed by atoms with Crippen molar-refractivity contribution in [3.05, 3.63) is 87.4 Å². The number of benzene rings is 3. The molecule has 0 radical (unpaired) electrons. The van der Waals surface area contributed by atoms with Gasteiger partial charge in [-0.05, 0) is 72.0 Å². The number of methoxy groups -OCH3 is 1. The molecule has 0 unspecified atom stereocenters. The van der Waals surface area contributed by atoms with Crippen LogP contribution in [0.4, 0.5) is 0 Å². The summed E-state index contributed by atoms with van der Waals surface area (Å²) in [6.45, 7) is 5.96. The first kappa shape index (κ1) is 26.0. The van der Waals surface area contributed by atoms with Gasteiger partial charge in [-0.3, -0.25) is 4.79 Å². The number of esters is 1. The molecule has 0 aromatic heterocycles. The second kappa shape index (κ2) is 12.2. The number of halogens is 1. The van der Waals surface area contributed by atoms with Crippen LogP contribution >= 0.6 is 15.9 Å². The van der Waals surface area contributed by atoms with Crippen LogP contribution in [0.5, 0.6) is 17.2 Å². The molecule has 0 bridgehead atoms. The molecule has 3 aromatic carbocycles. The van der Waals surface area contributed by atoms with Crippen LogP contribution in [-0.2, 0) is 4.79 Å². The van der Waals surface area contributed by atoms with Crippen LogP contribution in [0.1, 0.15) is 46.8 Å². The van der Waals surface area contributed by atoms with E-state index in [9.17, 15) is 9.59 Å². The zero-order valence-corrected chi connectivity index (χ0v) is 21.6. The molecule has 0 aliphatic carbocycles. The minimum atomic E-state index is -0.507. The summed E-state index contributed by atoms with van der Waals surface area (Å²) in [6.07, 6.45) is 1.46. The molecule has 0 fully saturated rings. The van der Waals surface area contributed by atoms with Gasteiger partial charge in [0.05, 0.1) is 18.9 Å². The van der Waals surface area contributed by atoms with Crippen molar-refractivity contribution in [2.45, 2.75) is 26.7 Å². The van der Waals surface area contributed by atoms with Crippen molar-refractivity contribution in [2.24, 2.45) is 5.10 Å². The molecule has 35 heavy (non-hydrogen) atoms. The number of hydrazone groups is 1.